The Morgan fingerprint density at radius 2 is 1.90 bits per heavy atom. The van der Waals surface area contributed by atoms with Gasteiger partial charge in [-0.1, -0.05) is 43.0 Å². The van der Waals surface area contributed by atoms with Crippen LogP contribution in [0.1, 0.15) is 42.5 Å². The Balaban J connectivity index is 1.66. The summed E-state index contributed by atoms with van der Waals surface area (Å²) < 4.78 is 5.24. The molecule has 4 rings (SSSR count). The van der Waals surface area contributed by atoms with Crippen molar-refractivity contribution in [2.45, 2.75) is 37.5 Å². The van der Waals surface area contributed by atoms with Gasteiger partial charge in [-0.25, -0.2) is 5.01 Å². The average Bonchev–Trinajstić information content (AvgIpc) is 3.37. The molecule has 0 saturated carbocycles. The van der Waals surface area contributed by atoms with Crippen molar-refractivity contribution in [2.75, 3.05) is 7.11 Å². The highest BCUT2D eigenvalue weighted by molar-refractivity contribution is 8.15. The minimum absolute atomic E-state index is 0.120. The first kappa shape index (κ1) is 21.1. The Kier molecular flexibility index (Phi) is 6.08. The van der Waals surface area contributed by atoms with E-state index in [1.54, 1.807) is 12.1 Å². The van der Waals surface area contributed by atoms with Gasteiger partial charge in [0.25, 0.3) is 5.91 Å². The largest absolute Gasteiger partial charge is 0.497 e. The quantitative estimate of drug-likeness (QED) is 0.737. The van der Waals surface area contributed by atoms with Crippen LogP contribution in [0.25, 0.3) is 0 Å². The molecule has 1 amide bonds. The van der Waals surface area contributed by atoms with E-state index in [1.165, 1.54) is 17.3 Å². The van der Waals surface area contributed by atoms with E-state index in [4.69, 9.17) is 14.9 Å². The van der Waals surface area contributed by atoms with Crippen LogP contribution in [-0.2, 0) is 16.0 Å². The smallest absolute Gasteiger partial charge is 0.305 e. The van der Waals surface area contributed by atoms with Crippen LogP contribution in [0, 0.1) is 0 Å². The molecule has 2 heterocycles. The Morgan fingerprint density at radius 1 is 1.19 bits per heavy atom. The molecule has 7 nitrogen and oxygen atoms in total. The number of aryl methyl sites for hydroxylation is 1. The van der Waals surface area contributed by atoms with Gasteiger partial charge in [0.05, 0.1) is 25.3 Å². The summed E-state index contributed by atoms with van der Waals surface area (Å²) in [6, 6.07) is 15.9. The van der Waals surface area contributed by atoms with Gasteiger partial charge in [-0.3, -0.25) is 9.59 Å². The lowest BCUT2D eigenvalue weighted by molar-refractivity contribution is -0.138. The van der Waals surface area contributed by atoms with Gasteiger partial charge in [-0.05, 0) is 47.4 Å². The standard InChI is InChI=1S/C23H23N3O4S/c1-3-14-4-6-16(7-5-14)19-12-18(15-8-10-17(30-2)11-9-15)25-26(19)23-24-22(29)20(31-23)13-21(27)28/h4-11,19-20H,3,12-13H2,1-2H3,(H,27,28). The predicted molar refractivity (Wildman–Crippen MR) is 121 cm³/mol. The zero-order valence-corrected chi connectivity index (χ0v) is 18.1. The average molecular weight is 438 g/mol. The molecule has 0 saturated heterocycles. The van der Waals surface area contributed by atoms with E-state index in [1.807, 2.05) is 24.3 Å². The molecule has 1 N–H and O–H groups in total. The molecule has 2 atom stereocenters. The number of rotatable bonds is 6. The zero-order chi connectivity index (χ0) is 22.0. The maximum Gasteiger partial charge on any atom is 0.305 e. The van der Waals surface area contributed by atoms with E-state index >= 15 is 0 Å². The predicted octanol–water partition coefficient (Wildman–Crippen LogP) is 3.88. The molecule has 8 heteroatoms. The van der Waals surface area contributed by atoms with Gasteiger partial charge in [0.15, 0.2) is 5.17 Å². The van der Waals surface area contributed by atoms with E-state index in [-0.39, 0.29) is 12.5 Å². The number of benzene rings is 2. The summed E-state index contributed by atoms with van der Waals surface area (Å²) in [5, 5.41) is 15.4. The number of nitrogens with zero attached hydrogens (tertiary/aromatic N) is 3. The summed E-state index contributed by atoms with van der Waals surface area (Å²) in [7, 11) is 1.62. The normalized spacial score (nSPS) is 20.6. The van der Waals surface area contributed by atoms with Crippen molar-refractivity contribution < 1.29 is 19.4 Å². The second kappa shape index (κ2) is 8.93. The summed E-state index contributed by atoms with van der Waals surface area (Å²) in [4.78, 5) is 27.5. The highest BCUT2D eigenvalue weighted by Gasteiger charge is 2.39. The number of methoxy groups -OCH3 is 1. The molecular formula is C23H23N3O4S. The molecule has 0 radical (unpaired) electrons. The van der Waals surface area contributed by atoms with Gasteiger partial charge in [-0.15, -0.1) is 0 Å². The summed E-state index contributed by atoms with van der Waals surface area (Å²) in [5.74, 6) is -0.669. The molecule has 2 aromatic carbocycles. The third kappa shape index (κ3) is 4.49. The van der Waals surface area contributed by atoms with Crippen LogP contribution >= 0.6 is 11.8 Å². The first-order valence-electron chi connectivity index (χ1n) is 10.1. The second-order valence-corrected chi connectivity index (χ2v) is 8.54. The maximum absolute atomic E-state index is 12.3. The number of hydrazone groups is 1. The monoisotopic (exact) mass is 437 g/mol. The Morgan fingerprint density at radius 3 is 2.52 bits per heavy atom. The van der Waals surface area contributed by atoms with Crippen molar-refractivity contribution in [1.29, 1.82) is 0 Å². The lowest BCUT2D eigenvalue weighted by atomic mass is 9.97. The van der Waals surface area contributed by atoms with Crippen molar-refractivity contribution in [3.8, 4) is 5.75 Å². The molecule has 31 heavy (non-hydrogen) atoms. The minimum Gasteiger partial charge on any atom is -0.497 e. The number of aliphatic imine (C=N–C) groups is 1. The van der Waals surface area contributed by atoms with E-state index < -0.39 is 17.1 Å². The lowest BCUT2D eigenvalue weighted by Crippen LogP contribution is -2.24. The summed E-state index contributed by atoms with van der Waals surface area (Å²) in [6.07, 6.45) is 1.35. The van der Waals surface area contributed by atoms with Crippen LogP contribution in [0.5, 0.6) is 5.75 Å². The van der Waals surface area contributed by atoms with Crippen molar-refractivity contribution in [3.05, 3.63) is 65.2 Å². The molecule has 0 aromatic heterocycles. The molecule has 2 aliphatic rings. The second-order valence-electron chi connectivity index (χ2n) is 7.37. The number of hydrogen-bond acceptors (Lipinski definition) is 6. The highest BCUT2D eigenvalue weighted by Crippen LogP contribution is 2.38. The van der Waals surface area contributed by atoms with Gasteiger partial charge in [0.1, 0.15) is 11.0 Å². The molecule has 2 aromatic rings. The Bertz CT molecular complexity index is 1050. The van der Waals surface area contributed by atoms with E-state index in [2.05, 4.69) is 36.2 Å². The maximum atomic E-state index is 12.3. The number of amidine groups is 1. The fourth-order valence-electron chi connectivity index (χ4n) is 3.64. The molecule has 0 fully saturated rings. The van der Waals surface area contributed by atoms with Gasteiger partial charge in [0.2, 0.25) is 0 Å². The minimum atomic E-state index is -1.02. The number of carboxylic acid groups (broad SMARTS) is 1. The molecule has 2 aliphatic heterocycles. The van der Waals surface area contributed by atoms with Gasteiger partial charge >= 0.3 is 5.97 Å². The van der Waals surface area contributed by atoms with E-state index in [0.29, 0.717) is 11.6 Å². The van der Waals surface area contributed by atoms with Gasteiger partial charge in [-0.2, -0.15) is 10.1 Å². The summed E-state index contributed by atoms with van der Waals surface area (Å²) >= 11 is 1.17. The van der Waals surface area contributed by atoms with Gasteiger partial charge in [0, 0.05) is 6.42 Å². The Hall–Kier alpha value is -3.13. The molecule has 0 aliphatic carbocycles. The number of carbonyl (C=O) groups excluding carboxylic acids is 1. The molecule has 160 valence electrons. The Labute approximate surface area is 184 Å². The van der Waals surface area contributed by atoms with Crippen molar-refractivity contribution >= 4 is 34.5 Å². The van der Waals surface area contributed by atoms with Crippen LogP contribution in [0.4, 0.5) is 0 Å². The summed E-state index contributed by atoms with van der Waals surface area (Å²) in [6.45, 7) is 2.11. The number of aliphatic carboxylic acids is 1. The number of ether oxygens (including phenoxy) is 1. The van der Waals surface area contributed by atoms with Crippen LogP contribution < -0.4 is 4.74 Å². The highest BCUT2D eigenvalue weighted by atomic mass is 32.2. The molecule has 2 unspecified atom stereocenters. The first-order valence-corrected chi connectivity index (χ1v) is 11.0. The first-order chi connectivity index (χ1) is 15.0. The number of amides is 1. The number of carbonyl (C=O) groups is 2. The van der Waals surface area contributed by atoms with Crippen LogP contribution in [-0.4, -0.2) is 45.2 Å². The third-order valence-electron chi connectivity index (χ3n) is 5.39. The van der Waals surface area contributed by atoms with Crippen molar-refractivity contribution in [3.63, 3.8) is 0 Å². The lowest BCUT2D eigenvalue weighted by Gasteiger charge is -2.23. The van der Waals surface area contributed by atoms with E-state index in [0.717, 1.165) is 29.0 Å². The molecule has 0 spiro atoms. The summed E-state index contributed by atoms with van der Waals surface area (Å²) in [5.41, 5.74) is 4.16. The molecule has 0 bridgehead atoms. The zero-order valence-electron chi connectivity index (χ0n) is 17.3. The van der Waals surface area contributed by atoms with Gasteiger partial charge < -0.3 is 9.84 Å². The van der Waals surface area contributed by atoms with Crippen molar-refractivity contribution in [1.82, 2.24) is 5.01 Å². The molecular weight excluding hydrogens is 414 g/mol. The third-order valence-corrected chi connectivity index (χ3v) is 6.53. The fraction of sp³-hybridized carbons (Fsp3) is 0.304. The topological polar surface area (TPSA) is 91.6 Å². The van der Waals surface area contributed by atoms with Crippen LogP contribution in [0.3, 0.4) is 0 Å². The number of hydrogen-bond donors (Lipinski definition) is 1. The van der Waals surface area contributed by atoms with E-state index in [9.17, 15) is 9.59 Å². The number of thioether (sulfide) groups is 1. The number of carboxylic acids is 1. The fourth-order valence-corrected chi connectivity index (χ4v) is 4.70. The SMILES string of the molecule is CCc1ccc(C2CC(c3ccc(OC)cc3)=NN2C2=NC(=O)C(CC(=O)O)S2)cc1. The van der Waals surface area contributed by atoms with Crippen LogP contribution in [0.15, 0.2) is 58.6 Å². The van der Waals surface area contributed by atoms with Crippen LogP contribution in [0.2, 0.25) is 0 Å². The van der Waals surface area contributed by atoms with Crippen molar-refractivity contribution in [2.24, 2.45) is 10.1 Å².